The molecule has 204 valence electrons. The molecule has 0 aliphatic carbocycles. The predicted molar refractivity (Wildman–Crippen MR) is 164 cm³/mol. The minimum absolute atomic E-state index is 0.280. The summed E-state index contributed by atoms with van der Waals surface area (Å²) in [6.07, 6.45) is 15.5. The van der Waals surface area contributed by atoms with Crippen LogP contribution in [0.4, 0.5) is 11.4 Å². The first kappa shape index (κ1) is 30.9. The first-order valence-electron chi connectivity index (χ1n) is 13.9. The summed E-state index contributed by atoms with van der Waals surface area (Å²) in [5.41, 5.74) is 10.2. The molecule has 0 aliphatic rings. The lowest BCUT2D eigenvalue weighted by molar-refractivity contribution is 0.0550. The molecule has 0 saturated heterocycles. The minimum Gasteiger partial charge on any atom is -0.458 e. The van der Waals surface area contributed by atoms with Crippen molar-refractivity contribution in [1.82, 2.24) is 0 Å². The van der Waals surface area contributed by atoms with Crippen molar-refractivity contribution in [3.8, 4) is 0 Å². The molecule has 0 atom stereocenters. The molecular weight excluding hydrogens is 466 g/mol. The first-order valence-corrected chi connectivity index (χ1v) is 13.9. The molecule has 1 N–H and O–H groups in total. The smallest absolute Gasteiger partial charge is 0.340 e. The van der Waals surface area contributed by atoms with Crippen LogP contribution in [0.25, 0.3) is 0 Å². The molecule has 0 saturated carbocycles. The number of allylic oxidation sites excluding steroid dienone is 7. The minimum atomic E-state index is -0.317. The lowest BCUT2D eigenvalue weighted by Gasteiger charge is -2.14. The maximum Gasteiger partial charge on any atom is 0.340 e. The van der Waals surface area contributed by atoms with Gasteiger partial charge in [-0.3, -0.25) is 0 Å². The molecule has 0 spiro atoms. The van der Waals surface area contributed by atoms with Crippen molar-refractivity contribution in [1.29, 1.82) is 0 Å². The van der Waals surface area contributed by atoms with Gasteiger partial charge < -0.3 is 10.1 Å². The number of esters is 1. The van der Waals surface area contributed by atoms with Crippen molar-refractivity contribution in [2.75, 3.05) is 11.9 Å². The summed E-state index contributed by atoms with van der Waals surface area (Å²) in [5.74, 6) is -0.317. The van der Waals surface area contributed by atoms with Gasteiger partial charge in [0.25, 0.3) is 0 Å². The molecule has 0 radical (unpaired) electrons. The fraction of sp³-hybridized carbons (Fsp3) is 0.400. The van der Waals surface area contributed by atoms with Crippen LogP contribution >= 0.6 is 0 Å². The van der Waals surface area contributed by atoms with Crippen LogP contribution in [0.2, 0.25) is 0 Å². The highest BCUT2D eigenvalue weighted by molar-refractivity contribution is 5.96. The normalized spacial score (nSPS) is 12.3. The number of benzene rings is 2. The molecule has 2 rings (SSSR count). The highest BCUT2D eigenvalue weighted by atomic mass is 16.5. The first-order chi connectivity index (χ1) is 18.2. The van der Waals surface area contributed by atoms with Gasteiger partial charge in [-0.1, -0.05) is 64.8 Å². The highest BCUT2D eigenvalue weighted by Gasteiger charge is 2.13. The molecule has 0 fully saturated rings. The van der Waals surface area contributed by atoms with Crippen LogP contribution in [0.1, 0.15) is 94.6 Å². The van der Waals surface area contributed by atoms with Crippen LogP contribution in [-0.2, 0) is 4.74 Å². The van der Waals surface area contributed by atoms with Gasteiger partial charge in [0.2, 0.25) is 0 Å². The summed E-state index contributed by atoms with van der Waals surface area (Å²) in [5, 5.41) is 3.41. The number of hydrogen-bond donors (Lipinski definition) is 1. The Hall–Kier alpha value is -3.33. The average molecular weight is 514 g/mol. The molecule has 38 heavy (non-hydrogen) atoms. The molecule has 2 aromatic carbocycles. The molecule has 0 heterocycles. The van der Waals surface area contributed by atoms with Gasteiger partial charge in [-0.2, -0.15) is 0 Å². The summed E-state index contributed by atoms with van der Waals surface area (Å²) in [6, 6.07) is 13.6. The van der Waals surface area contributed by atoms with E-state index in [-0.39, 0.29) is 12.6 Å². The van der Waals surface area contributed by atoms with E-state index >= 15 is 0 Å². The van der Waals surface area contributed by atoms with Gasteiger partial charge in [0.15, 0.2) is 0 Å². The van der Waals surface area contributed by atoms with E-state index in [9.17, 15) is 4.79 Å². The Labute approximate surface area is 231 Å². The molecular formula is C35H47NO2. The van der Waals surface area contributed by atoms with E-state index in [0.29, 0.717) is 5.56 Å². The van der Waals surface area contributed by atoms with Gasteiger partial charge in [0.05, 0.1) is 11.3 Å². The zero-order valence-electron chi connectivity index (χ0n) is 24.6. The van der Waals surface area contributed by atoms with E-state index in [2.05, 4.69) is 78.1 Å². The van der Waals surface area contributed by atoms with Crippen molar-refractivity contribution in [3.05, 3.63) is 106 Å². The van der Waals surface area contributed by atoms with E-state index in [4.69, 9.17) is 4.74 Å². The molecule has 2 aromatic rings. The second-order valence-corrected chi connectivity index (χ2v) is 10.6. The lowest BCUT2D eigenvalue weighted by atomic mass is 10.0. The SMILES string of the molecule is CC(C)=CCC/C(C)=C/CC/C(C)=C/CC/C(C)=C/COC(=O)c1ccccc1Nc1cccc(C)c1C. The number of ether oxygens (including phenoxy) is 1. The summed E-state index contributed by atoms with van der Waals surface area (Å²) < 4.78 is 5.59. The van der Waals surface area contributed by atoms with E-state index in [0.717, 1.165) is 49.9 Å². The Kier molecular flexibility index (Phi) is 13.4. The second kappa shape index (κ2) is 16.5. The van der Waals surface area contributed by atoms with Crippen LogP contribution in [0.3, 0.4) is 0 Å². The van der Waals surface area contributed by atoms with Crippen molar-refractivity contribution >= 4 is 17.3 Å². The summed E-state index contributed by atoms with van der Waals surface area (Å²) in [7, 11) is 0. The largest absolute Gasteiger partial charge is 0.458 e. The number of carbonyl (C=O) groups is 1. The summed E-state index contributed by atoms with van der Waals surface area (Å²) in [6.45, 7) is 15.3. The Morgan fingerprint density at radius 3 is 1.89 bits per heavy atom. The Balaban J connectivity index is 1.79. The molecule has 0 bridgehead atoms. The Morgan fingerprint density at radius 2 is 1.26 bits per heavy atom. The summed E-state index contributed by atoms with van der Waals surface area (Å²) >= 11 is 0. The summed E-state index contributed by atoms with van der Waals surface area (Å²) in [4.78, 5) is 12.8. The van der Waals surface area contributed by atoms with Gasteiger partial charge >= 0.3 is 5.97 Å². The Bertz CT molecular complexity index is 1180. The molecule has 0 aromatic heterocycles. The van der Waals surface area contributed by atoms with Crippen LogP contribution in [0, 0.1) is 13.8 Å². The van der Waals surface area contributed by atoms with Crippen LogP contribution in [-0.4, -0.2) is 12.6 Å². The van der Waals surface area contributed by atoms with E-state index < -0.39 is 0 Å². The van der Waals surface area contributed by atoms with Crippen molar-refractivity contribution in [2.24, 2.45) is 0 Å². The van der Waals surface area contributed by atoms with E-state index in [1.165, 1.54) is 33.4 Å². The number of para-hydroxylation sites is 1. The van der Waals surface area contributed by atoms with Crippen LogP contribution in [0.5, 0.6) is 0 Å². The topological polar surface area (TPSA) is 38.3 Å². The molecule has 0 amide bonds. The van der Waals surface area contributed by atoms with Gasteiger partial charge in [0, 0.05) is 5.69 Å². The maximum atomic E-state index is 12.8. The maximum absolute atomic E-state index is 12.8. The number of aryl methyl sites for hydroxylation is 1. The monoisotopic (exact) mass is 513 g/mol. The third-order valence-electron chi connectivity index (χ3n) is 6.82. The fourth-order valence-electron chi connectivity index (χ4n) is 4.13. The average Bonchev–Trinajstić information content (AvgIpc) is 2.87. The van der Waals surface area contributed by atoms with Gasteiger partial charge in [0.1, 0.15) is 6.61 Å². The van der Waals surface area contributed by atoms with E-state index in [1.54, 1.807) is 6.07 Å². The van der Waals surface area contributed by atoms with Gasteiger partial charge in [-0.15, -0.1) is 0 Å². The second-order valence-electron chi connectivity index (χ2n) is 10.6. The van der Waals surface area contributed by atoms with Crippen molar-refractivity contribution in [2.45, 2.75) is 87.0 Å². The molecule has 0 unspecified atom stereocenters. The number of rotatable bonds is 14. The molecule has 3 heteroatoms. The number of anilines is 2. The van der Waals surface area contributed by atoms with Crippen LogP contribution < -0.4 is 5.32 Å². The third kappa shape index (κ3) is 11.4. The standard InChI is InChI=1S/C35H47NO2/c1-26(2)14-10-15-27(3)16-11-17-28(4)18-12-19-29(5)24-25-38-35(37)32-21-8-9-22-34(32)36-33-23-13-20-30(6)31(33)7/h8-9,13-14,16,18,20-24,36H,10-12,15,17,19,25H2,1-7H3/b27-16+,28-18+,29-24+. The number of hydrogen-bond acceptors (Lipinski definition) is 3. The lowest BCUT2D eigenvalue weighted by Crippen LogP contribution is -2.09. The molecule has 3 nitrogen and oxygen atoms in total. The van der Waals surface area contributed by atoms with Gasteiger partial charge in [-0.25, -0.2) is 4.79 Å². The van der Waals surface area contributed by atoms with Gasteiger partial charge in [-0.05, 0) is 122 Å². The highest BCUT2D eigenvalue weighted by Crippen LogP contribution is 2.25. The van der Waals surface area contributed by atoms with E-state index in [1.807, 2.05) is 36.4 Å². The van der Waals surface area contributed by atoms with Crippen molar-refractivity contribution < 1.29 is 9.53 Å². The number of nitrogens with one attached hydrogen (secondary N) is 1. The third-order valence-corrected chi connectivity index (χ3v) is 6.82. The quantitative estimate of drug-likeness (QED) is 0.202. The zero-order chi connectivity index (χ0) is 27.9. The molecule has 0 aliphatic heterocycles. The predicted octanol–water partition coefficient (Wildman–Crippen LogP) is 10.3. The fourth-order valence-corrected chi connectivity index (χ4v) is 4.13. The van der Waals surface area contributed by atoms with Crippen LogP contribution in [0.15, 0.2) is 89.1 Å². The zero-order valence-corrected chi connectivity index (χ0v) is 24.6. The number of carbonyl (C=O) groups excluding carboxylic acids is 1. The Morgan fingerprint density at radius 1 is 0.711 bits per heavy atom. The van der Waals surface area contributed by atoms with Crippen molar-refractivity contribution in [3.63, 3.8) is 0 Å².